The topological polar surface area (TPSA) is 17.1 Å². The van der Waals surface area contributed by atoms with Crippen molar-refractivity contribution in [2.75, 3.05) is 0 Å². The van der Waals surface area contributed by atoms with E-state index in [1.807, 2.05) is 30.5 Å². The lowest BCUT2D eigenvalue weighted by Gasteiger charge is -2.05. The zero-order valence-electron chi connectivity index (χ0n) is 8.46. The summed E-state index contributed by atoms with van der Waals surface area (Å²) in [4.78, 5) is 12.8. The number of hydrogen-bond donors (Lipinski definition) is 0. The summed E-state index contributed by atoms with van der Waals surface area (Å²) in [5.74, 6) is -0.0150. The van der Waals surface area contributed by atoms with Crippen LogP contribution in [0.5, 0.6) is 0 Å². The van der Waals surface area contributed by atoms with Crippen LogP contribution in [0.1, 0.15) is 20.8 Å². The number of carbonyl (C=O) groups is 1. The molecule has 0 aliphatic carbocycles. The first kappa shape index (κ1) is 11.8. The summed E-state index contributed by atoms with van der Waals surface area (Å²) in [6.07, 6.45) is 0. The molecule has 0 radical (unpaired) electrons. The van der Waals surface area contributed by atoms with E-state index in [1.165, 1.54) is 11.3 Å². The molecule has 0 saturated heterocycles. The van der Waals surface area contributed by atoms with Gasteiger partial charge in [-0.15, -0.1) is 11.3 Å². The monoisotopic (exact) mass is 314 g/mol. The highest BCUT2D eigenvalue weighted by atomic mass is 79.9. The molecule has 0 fully saturated rings. The van der Waals surface area contributed by atoms with E-state index in [1.54, 1.807) is 6.07 Å². The highest BCUT2D eigenvalue weighted by Crippen LogP contribution is 2.28. The largest absolute Gasteiger partial charge is 0.288 e. The number of ketones is 1. The Kier molecular flexibility index (Phi) is 3.47. The van der Waals surface area contributed by atoms with Gasteiger partial charge in [0.2, 0.25) is 5.78 Å². The lowest BCUT2D eigenvalue weighted by Crippen LogP contribution is -2.02. The highest BCUT2D eigenvalue weighted by molar-refractivity contribution is 9.10. The molecule has 0 unspecified atom stereocenters. The van der Waals surface area contributed by atoms with E-state index in [2.05, 4.69) is 15.9 Å². The molecule has 16 heavy (non-hydrogen) atoms. The molecule has 0 bridgehead atoms. The number of benzene rings is 1. The number of halogens is 2. The van der Waals surface area contributed by atoms with Gasteiger partial charge in [0.25, 0.3) is 0 Å². The van der Waals surface area contributed by atoms with Gasteiger partial charge in [0.15, 0.2) is 0 Å². The smallest absolute Gasteiger partial charge is 0.204 e. The SMILES string of the molecule is Cc1c(Br)cccc1C(=O)c1sccc1Cl. The van der Waals surface area contributed by atoms with Gasteiger partial charge in [-0.1, -0.05) is 39.7 Å². The van der Waals surface area contributed by atoms with Crippen molar-refractivity contribution in [1.29, 1.82) is 0 Å². The Morgan fingerprint density at radius 3 is 2.75 bits per heavy atom. The summed E-state index contributed by atoms with van der Waals surface area (Å²) in [6.45, 7) is 1.92. The van der Waals surface area contributed by atoms with Crippen LogP contribution >= 0.6 is 38.9 Å². The van der Waals surface area contributed by atoms with E-state index in [4.69, 9.17) is 11.6 Å². The van der Waals surface area contributed by atoms with Gasteiger partial charge in [-0.2, -0.15) is 0 Å². The molecule has 82 valence electrons. The van der Waals surface area contributed by atoms with E-state index >= 15 is 0 Å². The van der Waals surface area contributed by atoms with Gasteiger partial charge in [-0.05, 0) is 30.0 Å². The summed E-state index contributed by atoms with van der Waals surface area (Å²) in [5.41, 5.74) is 1.63. The highest BCUT2D eigenvalue weighted by Gasteiger charge is 2.16. The zero-order chi connectivity index (χ0) is 11.7. The molecule has 2 rings (SSSR count). The molecule has 1 aromatic heterocycles. The average molecular weight is 316 g/mol. The third-order valence-corrected chi connectivity index (χ3v) is 4.54. The van der Waals surface area contributed by atoms with Crippen molar-refractivity contribution in [2.45, 2.75) is 6.92 Å². The van der Waals surface area contributed by atoms with Gasteiger partial charge >= 0.3 is 0 Å². The van der Waals surface area contributed by atoms with Gasteiger partial charge in [-0.25, -0.2) is 0 Å². The lowest BCUT2D eigenvalue weighted by atomic mass is 10.0. The number of carbonyl (C=O) groups excluding carboxylic acids is 1. The van der Waals surface area contributed by atoms with Crippen molar-refractivity contribution in [1.82, 2.24) is 0 Å². The Balaban J connectivity index is 2.50. The lowest BCUT2D eigenvalue weighted by molar-refractivity contribution is 0.104. The minimum atomic E-state index is -0.0150. The van der Waals surface area contributed by atoms with Crippen molar-refractivity contribution in [3.8, 4) is 0 Å². The van der Waals surface area contributed by atoms with Crippen molar-refractivity contribution in [3.05, 3.63) is 55.1 Å². The molecule has 0 spiro atoms. The first-order valence-electron chi connectivity index (χ1n) is 4.64. The Hall–Kier alpha value is -0.640. The standard InChI is InChI=1S/C12H8BrClOS/c1-7-8(3-2-4-9(7)13)11(15)12-10(14)5-6-16-12/h2-6H,1H3. The molecular formula is C12H8BrClOS. The van der Waals surface area contributed by atoms with Crippen LogP contribution in [0.3, 0.4) is 0 Å². The Morgan fingerprint density at radius 2 is 2.12 bits per heavy atom. The molecule has 1 nitrogen and oxygen atoms in total. The van der Waals surface area contributed by atoms with Crippen LogP contribution in [-0.4, -0.2) is 5.78 Å². The van der Waals surface area contributed by atoms with Crippen molar-refractivity contribution < 1.29 is 4.79 Å². The second-order valence-corrected chi connectivity index (χ2v) is 5.52. The van der Waals surface area contributed by atoms with Crippen LogP contribution < -0.4 is 0 Å². The molecule has 0 N–H and O–H groups in total. The van der Waals surface area contributed by atoms with Crippen LogP contribution in [0.2, 0.25) is 5.02 Å². The third kappa shape index (κ3) is 2.08. The average Bonchev–Trinajstić information content (AvgIpc) is 2.68. The fraction of sp³-hybridized carbons (Fsp3) is 0.0833. The minimum absolute atomic E-state index is 0.0150. The number of rotatable bonds is 2. The van der Waals surface area contributed by atoms with E-state index in [-0.39, 0.29) is 5.78 Å². The maximum atomic E-state index is 12.2. The maximum absolute atomic E-state index is 12.2. The van der Waals surface area contributed by atoms with Crippen molar-refractivity contribution >= 4 is 44.7 Å². The second-order valence-electron chi connectivity index (χ2n) is 3.34. The van der Waals surface area contributed by atoms with Crippen LogP contribution in [0.4, 0.5) is 0 Å². The summed E-state index contributed by atoms with van der Waals surface area (Å²) < 4.78 is 0.936. The van der Waals surface area contributed by atoms with Gasteiger partial charge < -0.3 is 0 Å². The van der Waals surface area contributed by atoms with Crippen LogP contribution in [-0.2, 0) is 0 Å². The second kappa shape index (κ2) is 4.70. The van der Waals surface area contributed by atoms with Crippen molar-refractivity contribution in [2.24, 2.45) is 0 Å². The number of hydrogen-bond acceptors (Lipinski definition) is 2. The van der Waals surface area contributed by atoms with Crippen LogP contribution in [0.25, 0.3) is 0 Å². The molecule has 1 heterocycles. The third-order valence-electron chi connectivity index (χ3n) is 2.34. The molecule has 0 aliphatic rings. The summed E-state index contributed by atoms with van der Waals surface area (Å²) in [7, 11) is 0. The Bertz CT molecular complexity index is 548. The van der Waals surface area contributed by atoms with E-state index in [0.29, 0.717) is 15.5 Å². The van der Waals surface area contributed by atoms with E-state index in [9.17, 15) is 4.79 Å². The molecular weight excluding hydrogens is 308 g/mol. The van der Waals surface area contributed by atoms with Gasteiger partial charge in [-0.3, -0.25) is 4.79 Å². The Morgan fingerprint density at radius 1 is 1.38 bits per heavy atom. The molecule has 1 aromatic carbocycles. The summed E-state index contributed by atoms with van der Waals surface area (Å²) in [6, 6.07) is 7.33. The van der Waals surface area contributed by atoms with Gasteiger partial charge in [0.05, 0.1) is 9.90 Å². The van der Waals surface area contributed by atoms with Crippen molar-refractivity contribution in [3.63, 3.8) is 0 Å². The van der Waals surface area contributed by atoms with Crippen LogP contribution in [0.15, 0.2) is 34.1 Å². The summed E-state index contributed by atoms with van der Waals surface area (Å²) in [5, 5.41) is 2.34. The quantitative estimate of drug-likeness (QED) is 0.734. The van der Waals surface area contributed by atoms with Gasteiger partial charge in [0, 0.05) is 10.0 Å². The molecule has 2 aromatic rings. The normalized spacial score (nSPS) is 10.4. The molecule has 0 atom stereocenters. The predicted molar refractivity (Wildman–Crippen MR) is 71.6 cm³/mol. The predicted octanol–water partition coefficient (Wildman–Crippen LogP) is 4.70. The van der Waals surface area contributed by atoms with E-state index in [0.717, 1.165) is 10.0 Å². The van der Waals surface area contributed by atoms with Gasteiger partial charge in [0.1, 0.15) is 0 Å². The first-order chi connectivity index (χ1) is 7.61. The zero-order valence-corrected chi connectivity index (χ0v) is 11.6. The fourth-order valence-corrected chi connectivity index (χ4v) is 2.89. The molecule has 0 aliphatic heterocycles. The van der Waals surface area contributed by atoms with E-state index < -0.39 is 0 Å². The summed E-state index contributed by atoms with van der Waals surface area (Å²) >= 11 is 10.7. The number of thiophene rings is 1. The van der Waals surface area contributed by atoms with Crippen LogP contribution in [0, 0.1) is 6.92 Å². The fourth-order valence-electron chi connectivity index (χ4n) is 1.43. The first-order valence-corrected chi connectivity index (χ1v) is 6.69. The molecule has 0 saturated carbocycles. The molecule has 0 amide bonds. The Labute approximate surface area is 111 Å². The minimum Gasteiger partial charge on any atom is -0.288 e. The molecule has 4 heteroatoms. The maximum Gasteiger partial charge on any atom is 0.204 e.